The Morgan fingerprint density at radius 1 is 0.875 bits per heavy atom. The van der Waals surface area contributed by atoms with Crippen LogP contribution in [0.1, 0.15) is 12.5 Å². The van der Waals surface area contributed by atoms with Gasteiger partial charge in [-0.1, -0.05) is 59.8 Å². The van der Waals surface area contributed by atoms with Gasteiger partial charge in [0.1, 0.15) is 0 Å². The number of hydrogen-bond acceptors (Lipinski definition) is 2. The van der Waals surface area contributed by atoms with Gasteiger partial charge in [0.2, 0.25) is 0 Å². The van der Waals surface area contributed by atoms with Crippen molar-refractivity contribution in [3.8, 4) is 11.1 Å². The molecule has 0 fully saturated rings. The van der Waals surface area contributed by atoms with Crippen molar-refractivity contribution in [1.82, 2.24) is 0 Å². The number of benzene rings is 2. The SMILES string of the molecule is C/C(=N/O)c1ccc(-c2ccccc2)cc1. The van der Waals surface area contributed by atoms with E-state index in [2.05, 4.69) is 17.3 Å². The average molecular weight is 211 g/mol. The van der Waals surface area contributed by atoms with Crippen LogP contribution < -0.4 is 0 Å². The van der Waals surface area contributed by atoms with E-state index < -0.39 is 0 Å². The van der Waals surface area contributed by atoms with Crippen LogP contribution in [0, 0.1) is 0 Å². The zero-order chi connectivity index (χ0) is 11.4. The average Bonchev–Trinajstić information content (AvgIpc) is 2.39. The predicted octanol–water partition coefficient (Wildman–Crippen LogP) is 3.55. The van der Waals surface area contributed by atoms with Crippen molar-refractivity contribution >= 4 is 5.71 Å². The molecule has 0 bridgehead atoms. The van der Waals surface area contributed by atoms with Crippen molar-refractivity contribution in [3.05, 3.63) is 60.2 Å². The van der Waals surface area contributed by atoms with Gasteiger partial charge < -0.3 is 5.21 Å². The Kier molecular flexibility index (Phi) is 3.01. The minimum atomic E-state index is 0.625. The van der Waals surface area contributed by atoms with E-state index in [1.807, 2.05) is 42.5 Å². The normalized spacial score (nSPS) is 11.4. The molecule has 0 spiro atoms. The second kappa shape index (κ2) is 4.62. The van der Waals surface area contributed by atoms with Crippen LogP contribution in [0.25, 0.3) is 11.1 Å². The summed E-state index contributed by atoms with van der Waals surface area (Å²) in [4.78, 5) is 0. The summed E-state index contributed by atoms with van der Waals surface area (Å²) in [5, 5.41) is 11.8. The van der Waals surface area contributed by atoms with E-state index >= 15 is 0 Å². The quantitative estimate of drug-likeness (QED) is 0.460. The molecule has 1 N–H and O–H groups in total. The largest absolute Gasteiger partial charge is 0.411 e. The van der Waals surface area contributed by atoms with Gasteiger partial charge in [0.15, 0.2) is 0 Å². The number of rotatable bonds is 2. The lowest BCUT2D eigenvalue weighted by Crippen LogP contribution is -1.93. The Balaban J connectivity index is 2.34. The summed E-state index contributed by atoms with van der Waals surface area (Å²) in [6.07, 6.45) is 0. The summed E-state index contributed by atoms with van der Waals surface area (Å²) in [5.74, 6) is 0. The van der Waals surface area contributed by atoms with Gasteiger partial charge in [-0.25, -0.2) is 0 Å². The molecule has 0 aliphatic carbocycles. The van der Waals surface area contributed by atoms with Crippen LogP contribution in [0.2, 0.25) is 0 Å². The van der Waals surface area contributed by atoms with E-state index in [-0.39, 0.29) is 0 Å². The number of hydrogen-bond donors (Lipinski definition) is 1. The molecule has 0 heterocycles. The molecule has 0 atom stereocenters. The van der Waals surface area contributed by atoms with Crippen LogP contribution >= 0.6 is 0 Å². The summed E-state index contributed by atoms with van der Waals surface area (Å²) < 4.78 is 0. The Labute approximate surface area is 94.9 Å². The maximum atomic E-state index is 8.66. The smallest absolute Gasteiger partial charge is 0.0836 e. The molecule has 0 saturated carbocycles. The van der Waals surface area contributed by atoms with Crippen molar-refractivity contribution in [1.29, 1.82) is 0 Å². The third-order valence-corrected chi connectivity index (χ3v) is 2.56. The van der Waals surface area contributed by atoms with Crippen LogP contribution in [0.15, 0.2) is 59.8 Å². The topological polar surface area (TPSA) is 32.6 Å². The van der Waals surface area contributed by atoms with E-state index in [9.17, 15) is 0 Å². The molecule has 2 rings (SSSR count). The Morgan fingerprint density at radius 2 is 1.44 bits per heavy atom. The first kappa shape index (κ1) is 10.4. The van der Waals surface area contributed by atoms with Crippen molar-refractivity contribution in [2.75, 3.05) is 0 Å². The molecule has 16 heavy (non-hydrogen) atoms. The predicted molar refractivity (Wildman–Crippen MR) is 65.9 cm³/mol. The molecule has 2 aromatic rings. The first-order valence-corrected chi connectivity index (χ1v) is 5.16. The Bertz CT molecular complexity index is 486. The van der Waals surface area contributed by atoms with Crippen molar-refractivity contribution < 1.29 is 5.21 Å². The fraction of sp³-hybridized carbons (Fsp3) is 0.0714. The molecule has 80 valence electrons. The highest BCUT2D eigenvalue weighted by molar-refractivity contribution is 5.98. The van der Waals surface area contributed by atoms with Crippen LogP contribution in [0.5, 0.6) is 0 Å². The summed E-state index contributed by atoms with van der Waals surface area (Å²) in [6.45, 7) is 1.78. The highest BCUT2D eigenvalue weighted by atomic mass is 16.4. The monoisotopic (exact) mass is 211 g/mol. The van der Waals surface area contributed by atoms with Crippen LogP contribution in [0.4, 0.5) is 0 Å². The molecule has 0 aliphatic heterocycles. The second-order valence-electron chi connectivity index (χ2n) is 3.63. The Morgan fingerprint density at radius 3 is 2.00 bits per heavy atom. The van der Waals surface area contributed by atoms with Gasteiger partial charge in [-0.2, -0.15) is 0 Å². The molecule has 0 aliphatic rings. The molecule has 0 radical (unpaired) electrons. The van der Waals surface area contributed by atoms with Gasteiger partial charge in [0.05, 0.1) is 5.71 Å². The highest BCUT2D eigenvalue weighted by Crippen LogP contribution is 2.19. The van der Waals surface area contributed by atoms with Gasteiger partial charge in [0, 0.05) is 0 Å². The molecule has 0 saturated heterocycles. The summed E-state index contributed by atoms with van der Waals surface area (Å²) in [5.41, 5.74) is 3.91. The maximum Gasteiger partial charge on any atom is 0.0836 e. The van der Waals surface area contributed by atoms with Gasteiger partial charge in [-0.05, 0) is 23.6 Å². The van der Waals surface area contributed by atoms with Crippen LogP contribution in [0.3, 0.4) is 0 Å². The minimum absolute atomic E-state index is 0.625. The second-order valence-corrected chi connectivity index (χ2v) is 3.63. The minimum Gasteiger partial charge on any atom is -0.411 e. The third kappa shape index (κ3) is 2.11. The fourth-order valence-corrected chi connectivity index (χ4v) is 1.59. The molecule has 0 unspecified atom stereocenters. The standard InChI is InChI=1S/C14H13NO/c1-11(15-16)12-7-9-14(10-8-12)13-5-3-2-4-6-13/h2-10,16H,1H3/b15-11-. The molecular formula is C14H13NO. The van der Waals surface area contributed by atoms with Gasteiger partial charge in [0.25, 0.3) is 0 Å². The summed E-state index contributed by atoms with van der Waals surface area (Å²) in [6, 6.07) is 18.1. The van der Waals surface area contributed by atoms with E-state index in [0.717, 1.165) is 11.1 Å². The lowest BCUT2D eigenvalue weighted by Gasteiger charge is -2.03. The van der Waals surface area contributed by atoms with Crippen molar-refractivity contribution in [2.45, 2.75) is 6.92 Å². The first-order valence-electron chi connectivity index (χ1n) is 5.16. The highest BCUT2D eigenvalue weighted by Gasteiger charge is 1.99. The van der Waals surface area contributed by atoms with Gasteiger partial charge in [-0.3, -0.25) is 0 Å². The first-order chi connectivity index (χ1) is 7.81. The summed E-state index contributed by atoms with van der Waals surface area (Å²) in [7, 11) is 0. The third-order valence-electron chi connectivity index (χ3n) is 2.56. The van der Waals surface area contributed by atoms with E-state index in [1.54, 1.807) is 6.92 Å². The van der Waals surface area contributed by atoms with E-state index in [4.69, 9.17) is 5.21 Å². The lowest BCUT2D eigenvalue weighted by atomic mass is 10.0. The van der Waals surface area contributed by atoms with Gasteiger partial charge in [-0.15, -0.1) is 0 Å². The van der Waals surface area contributed by atoms with E-state index in [0.29, 0.717) is 5.71 Å². The number of nitrogens with zero attached hydrogens (tertiary/aromatic N) is 1. The maximum absolute atomic E-state index is 8.66. The molecule has 2 aromatic carbocycles. The van der Waals surface area contributed by atoms with Gasteiger partial charge >= 0.3 is 0 Å². The Hall–Kier alpha value is -2.09. The molecule has 2 heteroatoms. The van der Waals surface area contributed by atoms with E-state index in [1.165, 1.54) is 5.56 Å². The van der Waals surface area contributed by atoms with Crippen molar-refractivity contribution in [3.63, 3.8) is 0 Å². The molecule has 0 amide bonds. The number of oxime groups is 1. The molecule has 0 aromatic heterocycles. The molecular weight excluding hydrogens is 198 g/mol. The zero-order valence-corrected chi connectivity index (χ0v) is 9.09. The lowest BCUT2D eigenvalue weighted by molar-refractivity contribution is 0.319. The van der Waals surface area contributed by atoms with Crippen LogP contribution in [-0.2, 0) is 0 Å². The molecule has 2 nitrogen and oxygen atoms in total. The van der Waals surface area contributed by atoms with Crippen molar-refractivity contribution in [2.24, 2.45) is 5.16 Å². The van der Waals surface area contributed by atoms with Crippen LogP contribution in [-0.4, -0.2) is 10.9 Å². The fourth-order valence-electron chi connectivity index (χ4n) is 1.59. The zero-order valence-electron chi connectivity index (χ0n) is 9.09. The summed E-state index contributed by atoms with van der Waals surface area (Å²) >= 11 is 0.